The number of benzene rings is 1. The number of hydrogen-bond donors (Lipinski definition) is 1. The summed E-state index contributed by atoms with van der Waals surface area (Å²) in [5, 5.41) is 2.85. The number of carbonyl (C=O) groups excluding carboxylic acids is 2. The van der Waals surface area contributed by atoms with E-state index in [-0.39, 0.29) is 11.8 Å². The predicted molar refractivity (Wildman–Crippen MR) is 103 cm³/mol. The molecule has 2 amide bonds. The number of carbonyl (C=O) groups is 2. The van der Waals surface area contributed by atoms with Crippen LogP contribution >= 0.6 is 0 Å². The molecule has 3 aromatic rings. The topological polar surface area (TPSA) is 88.1 Å². The summed E-state index contributed by atoms with van der Waals surface area (Å²) in [6.07, 6.45) is 6.82. The van der Waals surface area contributed by atoms with Crippen LogP contribution in [-0.2, 0) is 11.2 Å². The molecule has 1 aliphatic heterocycles. The number of pyridine rings is 1. The van der Waals surface area contributed by atoms with Crippen molar-refractivity contribution in [3.8, 4) is 11.4 Å². The molecule has 7 heteroatoms. The van der Waals surface area contributed by atoms with Crippen LogP contribution in [0.3, 0.4) is 0 Å². The quantitative estimate of drug-likeness (QED) is 0.752. The Kier molecular flexibility index (Phi) is 5.05. The molecular formula is C21H19N5O2. The second kappa shape index (κ2) is 7.96. The van der Waals surface area contributed by atoms with Crippen LogP contribution in [0.5, 0.6) is 0 Å². The molecule has 1 N–H and O–H groups in total. The molecule has 0 spiro atoms. The zero-order chi connectivity index (χ0) is 19.3. The fraction of sp³-hybridized carbons (Fsp3) is 0.190. The van der Waals surface area contributed by atoms with Crippen LogP contribution < -0.4 is 5.32 Å². The maximum atomic E-state index is 13.0. The maximum absolute atomic E-state index is 13.0. The Balaban J connectivity index is 1.55. The van der Waals surface area contributed by atoms with Crippen molar-refractivity contribution in [2.45, 2.75) is 12.5 Å². The molecule has 1 saturated heterocycles. The van der Waals surface area contributed by atoms with E-state index in [1.807, 2.05) is 36.4 Å². The van der Waals surface area contributed by atoms with E-state index < -0.39 is 6.04 Å². The summed E-state index contributed by atoms with van der Waals surface area (Å²) in [6.45, 7) is 0.886. The normalized spacial score (nSPS) is 16.5. The van der Waals surface area contributed by atoms with Crippen LogP contribution in [0, 0.1) is 0 Å². The SMILES string of the molecule is O=C1NCCN(C(=O)c2cnc(-c3cccnc3)nc2)[C@@H]1Cc1ccccc1. The van der Waals surface area contributed by atoms with E-state index in [9.17, 15) is 9.59 Å². The molecule has 0 radical (unpaired) electrons. The van der Waals surface area contributed by atoms with Gasteiger partial charge in [-0.15, -0.1) is 0 Å². The van der Waals surface area contributed by atoms with Crippen molar-refractivity contribution in [3.63, 3.8) is 0 Å². The van der Waals surface area contributed by atoms with Crippen molar-refractivity contribution in [1.29, 1.82) is 0 Å². The molecule has 4 rings (SSSR count). The maximum Gasteiger partial charge on any atom is 0.257 e. The summed E-state index contributed by atoms with van der Waals surface area (Å²) in [5.74, 6) is 0.117. The monoisotopic (exact) mass is 373 g/mol. The Labute approximate surface area is 162 Å². The average Bonchev–Trinajstić information content (AvgIpc) is 2.76. The van der Waals surface area contributed by atoms with Crippen molar-refractivity contribution in [2.24, 2.45) is 0 Å². The summed E-state index contributed by atoms with van der Waals surface area (Å²) >= 11 is 0. The number of amides is 2. The van der Waals surface area contributed by atoms with Crippen LogP contribution in [0.1, 0.15) is 15.9 Å². The Morgan fingerprint density at radius 2 is 1.86 bits per heavy atom. The second-order valence-electron chi connectivity index (χ2n) is 6.53. The molecule has 0 saturated carbocycles. The zero-order valence-corrected chi connectivity index (χ0v) is 15.2. The predicted octanol–water partition coefficient (Wildman–Crippen LogP) is 1.72. The third kappa shape index (κ3) is 3.73. The number of nitrogens with one attached hydrogen (secondary N) is 1. The first-order valence-corrected chi connectivity index (χ1v) is 9.07. The van der Waals surface area contributed by atoms with E-state index in [0.29, 0.717) is 30.9 Å². The highest BCUT2D eigenvalue weighted by atomic mass is 16.2. The highest BCUT2D eigenvalue weighted by molar-refractivity contribution is 5.98. The average molecular weight is 373 g/mol. The molecule has 0 unspecified atom stereocenters. The van der Waals surface area contributed by atoms with Crippen LogP contribution in [0.15, 0.2) is 67.3 Å². The molecule has 1 atom stereocenters. The summed E-state index contributed by atoms with van der Waals surface area (Å²) in [5.41, 5.74) is 2.15. The third-order valence-electron chi connectivity index (χ3n) is 4.68. The Bertz CT molecular complexity index is 961. The summed E-state index contributed by atoms with van der Waals surface area (Å²) in [4.78, 5) is 39.7. The lowest BCUT2D eigenvalue weighted by Gasteiger charge is -2.35. The molecule has 1 aliphatic rings. The molecule has 1 fully saturated rings. The van der Waals surface area contributed by atoms with Gasteiger partial charge < -0.3 is 10.2 Å². The van der Waals surface area contributed by atoms with Crippen molar-refractivity contribution in [3.05, 3.63) is 78.4 Å². The summed E-state index contributed by atoms with van der Waals surface area (Å²) in [7, 11) is 0. The van der Waals surface area contributed by atoms with Crippen LogP contribution in [0.2, 0.25) is 0 Å². The van der Waals surface area contributed by atoms with E-state index in [2.05, 4.69) is 20.3 Å². The van der Waals surface area contributed by atoms with E-state index in [1.54, 1.807) is 23.4 Å². The largest absolute Gasteiger partial charge is 0.353 e. The van der Waals surface area contributed by atoms with Crippen molar-refractivity contribution >= 4 is 11.8 Å². The summed E-state index contributed by atoms with van der Waals surface area (Å²) in [6, 6.07) is 12.8. The molecular weight excluding hydrogens is 354 g/mol. The number of aromatic nitrogens is 3. The van der Waals surface area contributed by atoms with Crippen LogP contribution in [0.4, 0.5) is 0 Å². The molecule has 28 heavy (non-hydrogen) atoms. The van der Waals surface area contributed by atoms with Crippen molar-refractivity contribution in [1.82, 2.24) is 25.2 Å². The standard InChI is InChI=1S/C21H19N5O2/c27-20-18(11-15-5-2-1-3-6-15)26(10-9-23-20)21(28)17-13-24-19(25-14-17)16-7-4-8-22-12-16/h1-8,12-14,18H,9-11H2,(H,23,27)/t18-/m1/s1. The molecule has 140 valence electrons. The Morgan fingerprint density at radius 3 is 2.57 bits per heavy atom. The van der Waals surface area contributed by atoms with E-state index >= 15 is 0 Å². The van der Waals surface area contributed by atoms with Crippen molar-refractivity contribution in [2.75, 3.05) is 13.1 Å². The van der Waals surface area contributed by atoms with Crippen molar-refractivity contribution < 1.29 is 9.59 Å². The minimum atomic E-state index is -0.554. The first kappa shape index (κ1) is 17.8. The van der Waals surface area contributed by atoms with Gasteiger partial charge in [0.05, 0.1) is 5.56 Å². The number of rotatable bonds is 4. The first-order valence-electron chi connectivity index (χ1n) is 9.07. The lowest BCUT2D eigenvalue weighted by molar-refractivity contribution is -0.127. The van der Waals surface area contributed by atoms with E-state index in [4.69, 9.17) is 0 Å². The summed E-state index contributed by atoms with van der Waals surface area (Å²) < 4.78 is 0. The Hall–Kier alpha value is -3.61. The minimum Gasteiger partial charge on any atom is -0.353 e. The molecule has 2 aromatic heterocycles. The van der Waals surface area contributed by atoms with Gasteiger partial charge in [-0.3, -0.25) is 14.6 Å². The van der Waals surface area contributed by atoms with Gasteiger partial charge in [-0.25, -0.2) is 9.97 Å². The highest BCUT2D eigenvalue weighted by Crippen LogP contribution is 2.17. The van der Waals surface area contributed by atoms with Gasteiger partial charge in [0.15, 0.2) is 5.82 Å². The van der Waals surface area contributed by atoms with Crippen LogP contribution in [-0.4, -0.2) is 50.8 Å². The molecule has 0 bridgehead atoms. The second-order valence-corrected chi connectivity index (χ2v) is 6.53. The molecule has 0 aliphatic carbocycles. The van der Waals surface area contributed by atoms with Gasteiger partial charge >= 0.3 is 0 Å². The fourth-order valence-corrected chi connectivity index (χ4v) is 3.25. The fourth-order valence-electron chi connectivity index (χ4n) is 3.25. The lowest BCUT2D eigenvalue weighted by Crippen LogP contribution is -2.58. The van der Waals surface area contributed by atoms with Gasteiger partial charge in [-0.1, -0.05) is 30.3 Å². The van der Waals surface area contributed by atoms with Gasteiger partial charge in [0.2, 0.25) is 5.91 Å². The third-order valence-corrected chi connectivity index (χ3v) is 4.68. The van der Waals surface area contributed by atoms with Gasteiger partial charge in [0.1, 0.15) is 6.04 Å². The first-order chi connectivity index (χ1) is 13.7. The van der Waals surface area contributed by atoms with Crippen LogP contribution in [0.25, 0.3) is 11.4 Å². The number of piperazine rings is 1. The lowest BCUT2D eigenvalue weighted by atomic mass is 10.0. The zero-order valence-electron chi connectivity index (χ0n) is 15.2. The molecule has 3 heterocycles. The Morgan fingerprint density at radius 1 is 1.07 bits per heavy atom. The smallest absolute Gasteiger partial charge is 0.257 e. The molecule has 1 aromatic carbocycles. The highest BCUT2D eigenvalue weighted by Gasteiger charge is 2.33. The van der Waals surface area contributed by atoms with E-state index in [1.165, 1.54) is 12.4 Å². The van der Waals surface area contributed by atoms with E-state index in [0.717, 1.165) is 11.1 Å². The molecule has 7 nitrogen and oxygen atoms in total. The van der Waals surface area contributed by atoms with Gasteiger partial charge in [-0.2, -0.15) is 0 Å². The number of nitrogens with zero attached hydrogens (tertiary/aromatic N) is 4. The minimum absolute atomic E-state index is 0.142. The van der Waals surface area contributed by atoms with Gasteiger partial charge in [0.25, 0.3) is 5.91 Å². The van der Waals surface area contributed by atoms with Gasteiger partial charge in [-0.05, 0) is 17.7 Å². The number of hydrogen-bond acceptors (Lipinski definition) is 5. The van der Waals surface area contributed by atoms with Gasteiger partial charge in [0, 0.05) is 49.9 Å².